The molecule has 25 heavy (non-hydrogen) atoms. The highest BCUT2D eigenvalue weighted by molar-refractivity contribution is 7.15. The Bertz CT molecular complexity index is 655. The number of hydrogen-bond acceptors (Lipinski definition) is 6. The SMILES string of the molecule is CC1CCN(CC(O)CNc2nnc(Cc3ccc(Cl)cc3)s2)CC1. The van der Waals surface area contributed by atoms with Gasteiger partial charge in [0, 0.05) is 24.5 Å². The molecule has 3 rings (SSSR count). The second-order valence-corrected chi connectivity index (χ2v) is 8.32. The van der Waals surface area contributed by atoms with Crippen LogP contribution in [0.25, 0.3) is 0 Å². The molecule has 1 aromatic carbocycles. The van der Waals surface area contributed by atoms with Crippen LogP contribution in [0.3, 0.4) is 0 Å². The maximum Gasteiger partial charge on any atom is 0.205 e. The summed E-state index contributed by atoms with van der Waals surface area (Å²) in [6.45, 7) is 5.69. The molecule has 0 bridgehead atoms. The number of nitrogens with one attached hydrogen (secondary N) is 1. The van der Waals surface area contributed by atoms with E-state index < -0.39 is 6.10 Å². The molecule has 2 N–H and O–H groups in total. The van der Waals surface area contributed by atoms with Gasteiger partial charge in [-0.25, -0.2) is 0 Å². The Morgan fingerprint density at radius 2 is 2.00 bits per heavy atom. The lowest BCUT2D eigenvalue weighted by molar-refractivity contribution is 0.0990. The molecule has 0 spiro atoms. The number of anilines is 1. The van der Waals surface area contributed by atoms with Gasteiger partial charge in [0.2, 0.25) is 5.13 Å². The van der Waals surface area contributed by atoms with E-state index in [1.54, 1.807) is 0 Å². The van der Waals surface area contributed by atoms with Crippen LogP contribution in [0.2, 0.25) is 5.02 Å². The normalized spacial score (nSPS) is 17.6. The number of aliphatic hydroxyl groups is 1. The number of hydrogen-bond donors (Lipinski definition) is 2. The first-order chi connectivity index (χ1) is 12.1. The molecule has 1 atom stereocenters. The summed E-state index contributed by atoms with van der Waals surface area (Å²) in [6, 6.07) is 7.77. The molecule has 7 heteroatoms. The van der Waals surface area contributed by atoms with Gasteiger partial charge in [0.05, 0.1) is 6.10 Å². The Kier molecular flexibility index (Phi) is 6.64. The van der Waals surface area contributed by atoms with Crippen LogP contribution in [0, 0.1) is 5.92 Å². The van der Waals surface area contributed by atoms with E-state index >= 15 is 0 Å². The van der Waals surface area contributed by atoms with Crippen LogP contribution in [-0.2, 0) is 6.42 Å². The van der Waals surface area contributed by atoms with Gasteiger partial charge in [-0.15, -0.1) is 10.2 Å². The molecule has 1 unspecified atom stereocenters. The lowest BCUT2D eigenvalue weighted by Crippen LogP contribution is -2.40. The van der Waals surface area contributed by atoms with Crippen molar-refractivity contribution < 1.29 is 5.11 Å². The summed E-state index contributed by atoms with van der Waals surface area (Å²) >= 11 is 7.43. The molecular weight excluding hydrogens is 356 g/mol. The monoisotopic (exact) mass is 380 g/mol. The fourth-order valence-corrected chi connectivity index (χ4v) is 3.89. The second-order valence-electron chi connectivity index (χ2n) is 6.82. The van der Waals surface area contributed by atoms with Crippen LogP contribution in [0.1, 0.15) is 30.3 Å². The lowest BCUT2D eigenvalue weighted by Gasteiger charge is -2.31. The molecule has 0 radical (unpaired) electrons. The number of aromatic nitrogens is 2. The van der Waals surface area contributed by atoms with Crippen LogP contribution in [0.4, 0.5) is 5.13 Å². The van der Waals surface area contributed by atoms with Crippen LogP contribution in [-0.4, -0.2) is 52.5 Å². The summed E-state index contributed by atoms with van der Waals surface area (Å²) < 4.78 is 0. The number of benzene rings is 1. The molecule has 0 aliphatic carbocycles. The summed E-state index contributed by atoms with van der Waals surface area (Å²) in [6.07, 6.45) is 2.80. The average Bonchev–Trinajstić information content (AvgIpc) is 3.05. The number of aliphatic hydroxyl groups excluding tert-OH is 1. The molecule has 1 saturated heterocycles. The highest BCUT2D eigenvalue weighted by Crippen LogP contribution is 2.20. The third kappa shape index (κ3) is 5.92. The molecule has 1 aliphatic heterocycles. The van der Waals surface area contributed by atoms with E-state index in [2.05, 4.69) is 27.3 Å². The van der Waals surface area contributed by atoms with Crippen molar-refractivity contribution in [2.24, 2.45) is 5.92 Å². The number of halogens is 1. The Balaban J connectivity index is 1.42. The first kappa shape index (κ1) is 18.6. The van der Waals surface area contributed by atoms with E-state index in [1.165, 1.54) is 24.2 Å². The van der Waals surface area contributed by atoms with Crippen molar-refractivity contribution in [3.63, 3.8) is 0 Å². The maximum absolute atomic E-state index is 10.2. The number of nitrogens with zero attached hydrogens (tertiary/aromatic N) is 3. The fourth-order valence-electron chi connectivity index (χ4n) is 2.99. The quantitative estimate of drug-likeness (QED) is 0.771. The van der Waals surface area contributed by atoms with Crippen molar-refractivity contribution in [1.82, 2.24) is 15.1 Å². The Hall–Kier alpha value is -1.21. The van der Waals surface area contributed by atoms with Gasteiger partial charge in [-0.1, -0.05) is 42.0 Å². The van der Waals surface area contributed by atoms with Gasteiger partial charge >= 0.3 is 0 Å². The molecule has 2 heterocycles. The van der Waals surface area contributed by atoms with E-state index in [0.717, 1.165) is 52.7 Å². The standard InChI is InChI=1S/C18H25ClN4OS/c1-13-6-8-23(9-7-13)12-16(24)11-20-18-22-21-17(25-18)10-14-2-4-15(19)5-3-14/h2-5,13,16,24H,6-12H2,1H3,(H,20,22). The largest absolute Gasteiger partial charge is 0.390 e. The molecular formula is C18H25ClN4OS. The molecule has 2 aromatic rings. The van der Waals surface area contributed by atoms with E-state index in [9.17, 15) is 5.11 Å². The fraction of sp³-hybridized carbons (Fsp3) is 0.556. The Labute approximate surface area is 158 Å². The summed E-state index contributed by atoms with van der Waals surface area (Å²) in [5.74, 6) is 0.812. The molecule has 136 valence electrons. The molecule has 1 aromatic heterocycles. The van der Waals surface area contributed by atoms with Gasteiger partial charge in [0.15, 0.2) is 0 Å². The Morgan fingerprint density at radius 3 is 2.72 bits per heavy atom. The van der Waals surface area contributed by atoms with Crippen molar-refractivity contribution in [1.29, 1.82) is 0 Å². The summed E-state index contributed by atoms with van der Waals surface area (Å²) in [5.41, 5.74) is 1.16. The minimum Gasteiger partial charge on any atom is -0.390 e. The third-order valence-corrected chi connectivity index (χ3v) is 5.70. The number of piperidine rings is 1. The number of likely N-dealkylation sites (tertiary alicyclic amines) is 1. The summed E-state index contributed by atoms with van der Waals surface area (Å²) in [7, 11) is 0. The predicted octanol–water partition coefficient (Wildman–Crippen LogP) is 3.29. The predicted molar refractivity (Wildman–Crippen MR) is 104 cm³/mol. The van der Waals surface area contributed by atoms with Gasteiger partial charge in [-0.05, 0) is 49.5 Å². The van der Waals surface area contributed by atoms with Gasteiger partial charge in [-0.3, -0.25) is 0 Å². The topological polar surface area (TPSA) is 61.3 Å². The smallest absolute Gasteiger partial charge is 0.205 e. The number of rotatable bonds is 7. The van der Waals surface area contributed by atoms with Crippen molar-refractivity contribution in [3.8, 4) is 0 Å². The molecule has 5 nitrogen and oxygen atoms in total. The van der Waals surface area contributed by atoms with Crippen molar-refractivity contribution in [2.75, 3.05) is 31.5 Å². The first-order valence-electron chi connectivity index (χ1n) is 8.79. The van der Waals surface area contributed by atoms with Gasteiger partial charge < -0.3 is 15.3 Å². The van der Waals surface area contributed by atoms with E-state index in [0.29, 0.717) is 6.54 Å². The van der Waals surface area contributed by atoms with Gasteiger partial charge in [0.25, 0.3) is 0 Å². The highest BCUT2D eigenvalue weighted by atomic mass is 35.5. The zero-order valence-corrected chi connectivity index (χ0v) is 16.1. The summed E-state index contributed by atoms with van der Waals surface area (Å²) in [5, 5.41) is 24.3. The van der Waals surface area contributed by atoms with Crippen LogP contribution in [0.5, 0.6) is 0 Å². The molecule has 1 fully saturated rings. The zero-order valence-electron chi connectivity index (χ0n) is 14.5. The maximum atomic E-state index is 10.2. The van der Waals surface area contributed by atoms with Gasteiger partial charge in [-0.2, -0.15) is 0 Å². The van der Waals surface area contributed by atoms with Crippen molar-refractivity contribution >= 4 is 28.1 Å². The van der Waals surface area contributed by atoms with Crippen molar-refractivity contribution in [2.45, 2.75) is 32.3 Å². The first-order valence-corrected chi connectivity index (χ1v) is 9.99. The highest BCUT2D eigenvalue weighted by Gasteiger charge is 2.18. The molecule has 0 saturated carbocycles. The zero-order chi connectivity index (χ0) is 17.6. The van der Waals surface area contributed by atoms with Crippen LogP contribution >= 0.6 is 22.9 Å². The molecule has 1 aliphatic rings. The molecule has 0 amide bonds. The van der Waals surface area contributed by atoms with Crippen LogP contribution < -0.4 is 5.32 Å². The lowest BCUT2D eigenvalue weighted by atomic mass is 9.99. The summed E-state index contributed by atoms with van der Waals surface area (Å²) in [4.78, 5) is 2.35. The van der Waals surface area contributed by atoms with E-state index in [-0.39, 0.29) is 0 Å². The van der Waals surface area contributed by atoms with Crippen molar-refractivity contribution in [3.05, 3.63) is 39.9 Å². The Morgan fingerprint density at radius 1 is 1.28 bits per heavy atom. The van der Waals surface area contributed by atoms with E-state index in [1.807, 2.05) is 24.3 Å². The minimum absolute atomic E-state index is 0.392. The van der Waals surface area contributed by atoms with Crippen LogP contribution in [0.15, 0.2) is 24.3 Å². The van der Waals surface area contributed by atoms with E-state index in [4.69, 9.17) is 11.6 Å². The second kappa shape index (κ2) is 8.94. The average molecular weight is 381 g/mol. The number of β-amino-alcohol motifs (C(OH)–C–C–N with tert-alkyl or cyclic N) is 1. The van der Waals surface area contributed by atoms with Gasteiger partial charge in [0.1, 0.15) is 5.01 Å². The third-order valence-electron chi connectivity index (χ3n) is 4.57. The minimum atomic E-state index is -0.392.